The van der Waals surface area contributed by atoms with Crippen molar-refractivity contribution in [3.8, 4) is 11.5 Å². The number of hydrogen-bond donors (Lipinski definition) is 3. The minimum absolute atomic E-state index is 0.116. The molecule has 8 heteroatoms. The second-order valence-electron chi connectivity index (χ2n) is 7.92. The molecule has 180 valence electrons. The van der Waals surface area contributed by atoms with Crippen molar-refractivity contribution in [2.45, 2.75) is 33.7 Å². The van der Waals surface area contributed by atoms with E-state index in [1.165, 1.54) is 0 Å². The summed E-state index contributed by atoms with van der Waals surface area (Å²) in [4.78, 5) is 27.6. The van der Waals surface area contributed by atoms with Crippen LogP contribution in [-0.2, 0) is 4.79 Å². The van der Waals surface area contributed by atoms with Crippen molar-refractivity contribution in [2.24, 2.45) is 5.92 Å². The minimum atomic E-state index is -0.720. The summed E-state index contributed by atoms with van der Waals surface area (Å²) in [6.07, 6.45) is 0. The van der Waals surface area contributed by atoms with E-state index in [-0.39, 0.29) is 11.8 Å². The molecule has 0 aliphatic heterocycles. The van der Waals surface area contributed by atoms with Gasteiger partial charge in [0.25, 0.3) is 0 Å². The van der Waals surface area contributed by atoms with Crippen molar-refractivity contribution in [3.63, 3.8) is 0 Å². The van der Waals surface area contributed by atoms with Gasteiger partial charge in [0.15, 0.2) is 11.5 Å². The molecule has 3 amide bonds. The largest absolute Gasteiger partial charge is 0.493 e. The number of amides is 3. The Morgan fingerprint density at radius 1 is 0.939 bits per heavy atom. The van der Waals surface area contributed by atoms with Gasteiger partial charge in [0.2, 0.25) is 5.91 Å². The van der Waals surface area contributed by atoms with Gasteiger partial charge < -0.3 is 30.3 Å². The zero-order chi connectivity index (χ0) is 24.2. The number of anilines is 2. The highest BCUT2D eigenvalue weighted by atomic mass is 16.5. The first-order valence-corrected chi connectivity index (χ1v) is 11.3. The smallest absolute Gasteiger partial charge is 0.319 e. The highest BCUT2D eigenvalue weighted by Gasteiger charge is 2.24. The van der Waals surface area contributed by atoms with E-state index in [4.69, 9.17) is 9.47 Å². The molecule has 0 saturated carbocycles. The van der Waals surface area contributed by atoms with Crippen LogP contribution in [0.5, 0.6) is 11.5 Å². The van der Waals surface area contributed by atoms with Crippen LogP contribution in [0.25, 0.3) is 0 Å². The first kappa shape index (κ1) is 26.0. The van der Waals surface area contributed by atoms with Gasteiger partial charge >= 0.3 is 6.03 Å². The van der Waals surface area contributed by atoms with E-state index < -0.39 is 12.1 Å². The van der Waals surface area contributed by atoms with Gasteiger partial charge in [-0.15, -0.1) is 0 Å². The van der Waals surface area contributed by atoms with Gasteiger partial charge in [0, 0.05) is 24.0 Å². The summed E-state index contributed by atoms with van der Waals surface area (Å²) in [5.41, 5.74) is 1.22. The maximum Gasteiger partial charge on any atom is 0.319 e. The molecule has 0 bridgehead atoms. The molecule has 2 aromatic carbocycles. The van der Waals surface area contributed by atoms with Crippen molar-refractivity contribution < 1.29 is 19.1 Å². The lowest BCUT2D eigenvalue weighted by Crippen LogP contribution is -2.48. The molecule has 0 aliphatic carbocycles. The highest BCUT2D eigenvalue weighted by Crippen LogP contribution is 2.30. The Labute approximate surface area is 196 Å². The lowest BCUT2D eigenvalue weighted by Gasteiger charge is -2.22. The second kappa shape index (κ2) is 13.3. The van der Waals surface area contributed by atoms with Gasteiger partial charge in [-0.3, -0.25) is 4.79 Å². The molecule has 0 saturated heterocycles. The van der Waals surface area contributed by atoms with E-state index in [1.54, 1.807) is 37.4 Å². The van der Waals surface area contributed by atoms with E-state index >= 15 is 0 Å². The average Bonchev–Trinajstić information content (AvgIpc) is 2.81. The predicted molar refractivity (Wildman–Crippen MR) is 132 cm³/mol. The molecule has 1 unspecified atom stereocenters. The van der Waals surface area contributed by atoms with Crippen molar-refractivity contribution in [1.82, 2.24) is 10.2 Å². The van der Waals surface area contributed by atoms with Gasteiger partial charge in [0.05, 0.1) is 7.11 Å². The normalized spacial score (nSPS) is 11.7. The number of rotatable bonds is 12. The van der Waals surface area contributed by atoms with Crippen LogP contribution < -0.4 is 25.4 Å². The molecule has 0 spiro atoms. The number of nitrogens with zero attached hydrogens (tertiary/aromatic N) is 1. The van der Waals surface area contributed by atoms with Crippen molar-refractivity contribution >= 4 is 23.3 Å². The van der Waals surface area contributed by atoms with E-state index in [9.17, 15) is 9.59 Å². The molecule has 33 heavy (non-hydrogen) atoms. The van der Waals surface area contributed by atoms with Gasteiger partial charge in [-0.1, -0.05) is 45.9 Å². The van der Waals surface area contributed by atoms with Gasteiger partial charge in [-0.2, -0.15) is 0 Å². The number of urea groups is 1. The molecule has 0 aromatic heterocycles. The molecule has 2 rings (SSSR count). The maximum atomic E-state index is 13.0. The van der Waals surface area contributed by atoms with Crippen molar-refractivity contribution in [1.29, 1.82) is 0 Å². The first-order chi connectivity index (χ1) is 15.9. The number of hydrogen-bond acceptors (Lipinski definition) is 5. The quantitative estimate of drug-likeness (QED) is 0.445. The number of carbonyl (C=O) groups excluding carboxylic acids is 2. The monoisotopic (exact) mass is 456 g/mol. The number of para-hydroxylation sites is 1. The maximum absolute atomic E-state index is 13.0. The average molecular weight is 457 g/mol. The summed E-state index contributed by atoms with van der Waals surface area (Å²) in [5, 5.41) is 8.38. The fourth-order valence-corrected chi connectivity index (χ4v) is 3.28. The molecular weight excluding hydrogens is 420 g/mol. The van der Waals surface area contributed by atoms with Crippen LogP contribution in [0.3, 0.4) is 0 Å². The Morgan fingerprint density at radius 2 is 1.64 bits per heavy atom. The van der Waals surface area contributed by atoms with Crippen LogP contribution in [0.15, 0.2) is 48.5 Å². The Bertz CT molecular complexity index is 885. The van der Waals surface area contributed by atoms with Crippen LogP contribution in [0, 0.1) is 5.92 Å². The molecule has 0 radical (unpaired) electrons. The molecule has 8 nitrogen and oxygen atoms in total. The summed E-state index contributed by atoms with van der Waals surface area (Å²) in [6, 6.07) is 13.2. The predicted octanol–water partition coefficient (Wildman–Crippen LogP) is 4.20. The fourth-order valence-electron chi connectivity index (χ4n) is 3.28. The Morgan fingerprint density at radius 3 is 2.24 bits per heavy atom. The molecule has 3 N–H and O–H groups in total. The number of ether oxygens (including phenoxy) is 2. The Kier molecular flexibility index (Phi) is 10.5. The fraction of sp³-hybridized carbons (Fsp3) is 0.440. The number of carbonyl (C=O) groups is 2. The zero-order valence-corrected chi connectivity index (χ0v) is 20.2. The highest BCUT2D eigenvalue weighted by molar-refractivity contribution is 5.99. The minimum Gasteiger partial charge on any atom is -0.493 e. The second-order valence-corrected chi connectivity index (χ2v) is 7.92. The number of nitrogens with one attached hydrogen (secondary N) is 3. The van der Waals surface area contributed by atoms with Gasteiger partial charge in [0.1, 0.15) is 12.6 Å². The summed E-state index contributed by atoms with van der Waals surface area (Å²) in [7, 11) is 1.58. The third-order valence-electron chi connectivity index (χ3n) is 5.26. The first-order valence-electron chi connectivity index (χ1n) is 11.3. The molecule has 0 aliphatic rings. The molecule has 0 heterocycles. The molecule has 0 fully saturated rings. The molecule has 1 atom stereocenters. The lowest BCUT2D eigenvalue weighted by atomic mass is 10.0. The molecule has 2 aromatic rings. The molecular formula is C25H36N4O4. The SMILES string of the molecule is CCN(CC)CCOc1cc(NC(=O)C(NC(=O)Nc2ccccc2)C(C)C)ccc1OC. The van der Waals surface area contributed by atoms with Crippen LogP contribution in [0.1, 0.15) is 27.7 Å². The standard InChI is InChI=1S/C25H36N4O4/c1-6-29(7-2)15-16-33-22-17-20(13-14-21(22)32-5)26-24(30)23(18(3)4)28-25(31)27-19-11-9-8-10-12-19/h8-14,17-18,23H,6-7,15-16H2,1-5H3,(H,26,30)(H2,27,28,31). The lowest BCUT2D eigenvalue weighted by molar-refractivity contribution is -0.118. The third kappa shape index (κ3) is 8.31. The zero-order valence-electron chi connectivity index (χ0n) is 20.2. The van der Waals surface area contributed by atoms with E-state index in [0.29, 0.717) is 29.5 Å². The van der Waals surface area contributed by atoms with Crippen LogP contribution in [0.4, 0.5) is 16.2 Å². The van der Waals surface area contributed by atoms with E-state index in [2.05, 4.69) is 34.7 Å². The number of likely N-dealkylation sites (N-methyl/N-ethyl adjacent to an activating group) is 1. The van der Waals surface area contributed by atoms with Crippen LogP contribution in [0.2, 0.25) is 0 Å². The van der Waals surface area contributed by atoms with E-state index in [0.717, 1.165) is 19.6 Å². The summed E-state index contributed by atoms with van der Waals surface area (Å²) in [6.45, 7) is 11.2. The third-order valence-corrected chi connectivity index (χ3v) is 5.26. The number of benzene rings is 2. The van der Waals surface area contributed by atoms with Gasteiger partial charge in [-0.25, -0.2) is 4.79 Å². The summed E-state index contributed by atoms with van der Waals surface area (Å²) >= 11 is 0. The Balaban J connectivity index is 2.03. The van der Waals surface area contributed by atoms with Crippen molar-refractivity contribution in [2.75, 3.05) is 44.0 Å². The van der Waals surface area contributed by atoms with Crippen LogP contribution >= 0.6 is 0 Å². The topological polar surface area (TPSA) is 91.9 Å². The number of methoxy groups -OCH3 is 1. The van der Waals surface area contributed by atoms with Crippen molar-refractivity contribution in [3.05, 3.63) is 48.5 Å². The van der Waals surface area contributed by atoms with Crippen LogP contribution in [-0.4, -0.2) is 56.2 Å². The van der Waals surface area contributed by atoms with E-state index in [1.807, 2.05) is 32.0 Å². The van der Waals surface area contributed by atoms with Gasteiger partial charge in [-0.05, 0) is 43.3 Å². The summed E-state index contributed by atoms with van der Waals surface area (Å²) < 4.78 is 11.3. The Hall–Kier alpha value is -3.26. The summed E-state index contributed by atoms with van der Waals surface area (Å²) in [5.74, 6) is 0.716.